The number of hydrogen-bond acceptors (Lipinski definition) is 4. The summed E-state index contributed by atoms with van der Waals surface area (Å²) in [5, 5.41) is 2.89. The molecule has 4 nitrogen and oxygen atoms in total. The van der Waals surface area contributed by atoms with Crippen molar-refractivity contribution in [3.63, 3.8) is 0 Å². The molecular weight excluding hydrogens is 364 g/mol. The average Bonchev–Trinajstić information content (AvgIpc) is 2.46. The lowest BCUT2D eigenvalue weighted by atomic mass is 9.97. The fraction of sp³-hybridized carbons (Fsp3) is 0.562. The molecule has 1 amide bonds. The van der Waals surface area contributed by atoms with Gasteiger partial charge in [-0.1, -0.05) is 35.3 Å². The minimum atomic E-state index is -0.761. The lowest BCUT2D eigenvalue weighted by Crippen LogP contribution is -2.51. The van der Waals surface area contributed by atoms with Gasteiger partial charge in [-0.3, -0.25) is 4.79 Å². The summed E-state index contributed by atoms with van der Waals surface area (Å²) >= 11 is 5.16. The molecule has 0 fully saturated rings. The van der Waals surface area contributed by atoms with Crippen LogP contribution < -0.4 is 15.8 Å². The molecule has 3 N–H and O–H groups in total. The Labute approximate surface area is 145 Å². The molecule has 0 heterocycles. The summed E-state index contributed by atoms with van der Waals surface area (Å²) in [6, 6.07) is 7.79. The van der Waals surface area contributed by atoms with Crippen LogP contribution >= 0.6 is 27.7 Å². The van der Waals surface area contributed by atoms with E-state index in [4.69, 9.17) is 10.5 Å². The third-order valence-electron chi connectivity index (χ3n) is 3.11. The molecule has 0 aliphatic heterocycles. The van der Waals surface area contributed by atoms with Gasteiger partial charge in [0.05, 0.1) is 12.1 Å². The molecule has 1 rings (SSSR count). The number of hydrogen-bond donors (Lipinski definition) is 2. The van der Waals surface area contributed by atoms with Crippen LogP contribution in [-0.2, 0) is 4.79 Å². The third kappa shape index (κ3) is 7.51. The molecule has 1 unspecified atom stereocenters. The normalized spacial score (nSPS) is 13.5. The number of rotatable bonds is 10. The van der Waals surface area contributed by atoms with Gasteiger partial charge in [0.1, 0.15) is 5.75 Å². The Balaban J connectivity index is 2.07. The molecule has 0 radical (unpaired) electrons. The summed E-state index contributed by atoms with van der Waals surface area (Å²) in [4.78, 5) is 11.9. The number of benzene rings is 1. The number of ether oxygens (including phenoxy) is 1. The van der Waals surface area contributed by atoms with Crippen LogP contribution in [0.1, 0.15) is 26.7 Å². The molecule has 1 aromatic carbocycles. The lowest BCUT2D eigenvalue weighted by molar-refractivity contribution is -0.125. The highest BCUT2D eigenvalue weighted by Gasteiger charge is 2.26. The van der Waals surface area contributed by atoms with Crippen molar-refractivity contribution in [3.8, 4) is 5.75 Å². The summed E-state index contributed by atoms with van der Waals surface area (Å²) < 4.78 is 6.65. The standard InChI is InChI=1S/C16H25BrN2O2S/c1-3-7-16(2,18)15(20)19-8-10-22-11-9-21-14-6-4-5-13(17)12-14/h4-6,12H,3,7-11,18H2,1-2H3,(H,19,20). The molecule has 1 aromatic rings. The van der Waals surface area contributed by atoms with Crippen molar-refractivity contribution in [2.75, 3.05) is 24.7 Å². The SMILES string of the molecule is CCCC(C)(N)C(=O)NCCSCCOc1cccc(Br)c1. The number of thioether (sulfide) groups is 1. The van der Waals surface area contributed by atoms with Crippen molar-refractivity contribution in [2.24, 2.45) is 5.73 Å². The molecule has 0 bridgehead atoms. The number of carbonyl (C=O) groups excluding carboxylic acids is 1. The Kier molecular flexibility index (Phi) is 8.90. The molecule has 22 heavy (non-hydrogen) atoms. The second-order valence-corrected chi connectivity index (χ2v) is 7.48. The molecule has 0 aromatic heterocycles. The molecule has 6 heteroatoms. The van der Waals surface area contributed by atoms with Crippen molar-refractivity contribution < 1.29 is 9.53 Å². The topological polar surface area (TPSA) is 64.4 Å². The molecule has 1 atom stereocenters. The van der Waals surface area contributed by atoms with E-state index in [0.29, 0.717) is 19.6 Å². The molecule has 0 aliphatic carbocycles. The van der Waals surface area contributed by atoms with Crippen LogP contribution in [-0.4, -0.2) is 36.1 Å². The van der Waals surface area contributed by atoms with Crippen molar-refractivity contribution >= 4 is 33.6 Å². The summed E-state index contributed by atoms with van der Waals surface area (Å²) in [6.07, 6.45) is 1.61. The van der Waals surface area contributed by atoms with E-state index < -0.39 is 5.54 Å². The van der Waals surface area contributed by atoms with Crippen LogP contribution in [0.3, 0.4) is 0 Å². The summed E-state index contributed by atoms with van der Waals surface area (Å²) in [6.45, 7) is 5.10. The van der Waals surface area contributed by atoms with Gasteiger partial charge in [-0.15, -0.1) is 0 Å². The van der Waals surface area contributed by atoms with E-state index in [9.17, 15) is 4.79 Å². The Bertz CT molecular complexity index is 469. The Hall–Kier alpha value is -0.720. The van der Waals surface area contributed by atoms with E-state index >= 15 is 0 Å². The lowest BCUT2D eigenvalue weighted by Gasteiger charge is -2.22. The summed E-state index contributed by atoms with van der Waals surface area (Å²) in [5.74, 6) is 2.54. The van der Waals surface area contributed by atoms with Crippen LogP contribution in [0.25, 0.3) is 0 Å². The van der Waals surface area contributed by atoms with E-state index in [1.807, 2.05) is 31.2 Å². The zero-order chi connectivity index (χ0) is 16.4. The number of nitrogens with one attached hydrogen (secondary N) is 1. The second kappa shape index (κ2) is 10.1. The molecule has 0 aliphatic rings. The fourth-order valence-electron chi connectivity index (χ4n) is 1.95. The monoisotopic (exact) mass is 388 g/mol. The number of carbonyl (C=O) groups is 1. The first-order valence-electron chi connectivity index (χ1n) is 7.49. The molecule has 124 valence electrons. The van der Waals surface area contributed by atoms with Gasteiger partial charge in [-0.05, 0) is 31.5 Å². The highest BCUT2D eigenvalue weighted by molar-refractivity contribution is 9.10. The van der Waals surface area contributed by atoms with Crippen LogP contribution in [0, 0.1) is 0 Å². The first-order valence-corrected chi connectivity index (χ1v) is 9.44. The maximum absolute atomic E-state index is 11.9. The van der Waals surface area contributed by atoms with Crippen LogP contribution in [0.5, 0.6) is 5.75 Å². The highest BCUT2D eigenvalue weighted by Crippen LogP contribution is 2.17. The second-order valence-electron chi connectivity index (χ2n) is 5.34. The fourth-order valence-corrected chi connectivity index (χ4v) is 2.98. The first kappa shape index (κ1) is 19.3. The van der Waals surface area contributed by atoms with Crippen LogP contribution in [0.15, 0.2) is 28.7 Å². The van der Waals surface area contributed by atoms with E-state index in [2.05, 4.69) is 21.2 Å². The molecule has 0 spiro atoms. The zero-order valence-electron chi connectivity index (χ0n) is 13.2. The summed E-state index contributed by atoms with van der Waals surface area (Å²) in [5.41, 5.74) is 5.21. The van der Waals surface area contributed by atoms with Gasteiger partial charge < -0.3 is 15.8 Å². The van der Waals surface area contributed by atoms with Crippen molar-refractivity contribution in [2.45, 2.75) is 32.2 Å². The minimum Gasteiger partial charge on any atom is -0.493 e. The van der Waals surface area contributed by atoms with E-state index in [0.717, 1.165) is 28.1 Å². The van der Waals surface area contributed by atoms with Gasteiger partial charge in [-0.25, -0.2) is 0 Å². The number of nitrogens with two attached hydrogens (primary N) is 1. The Morgan fingerprint density at radius 1 is 1.45 bits per heavy atom. The third-order valence-corrected chi connectivity index (χ3v) is 4.55. The van der Waals surface area contributed by atoms with Crippen molar-refractivity contribution in [3.05, 3.63) is 28.7 Å². The first-order chi connectivity index (χ1) is 10.5. The van der Waals surface area contributed by atoms with E-state index in [1.165, 1.54) is 0 Å². The van der Waals surface area contributed by atoms with Gasteiger partial charge in [0.2, 0.25) is 5.91 Å². The van der Waals surface area contributed by atoms with E-state index in [1.54, 1.807) is 18.7 Å². The average molecular weight is 389 g/mol. The number of amides is 1. The number of halogens is 1. The van der Waals surface area contributed by atoms with Gasteiger partial charge in [0.25, 0.3) is 0 Å². The Morgan fingerprint density at radius 2 is 2.23 bits per heavy atom. The van der Waals surface area contributed by atoms with Crippen LogP contribution in [0.4, 0.5) is 0 Å². The summed E-state index contributed by atoms with van der Waals surface area (Å²) in [7, 11) is 0. The van der Waals surface area contributed by atoms with Gasteiger partial charge in [0, 0.05) is 22.5 Å². The quantitative estimate of drug-likeness (QED) is 0.604. The highest BCUT2D eigenvalue weighted by atomic mass is 79.9. The zero-order valence-corrected chi connectivity index (χ0v) is 15.6. The Morgan fingerprint density at radius 3 is 2.91 bits per heavy atom. The predicted octanol–water partition coefficient (Wildman–Crippen LogP) is 3.19. The van der Waals surface area contributed by atoms with Gasteiger partial charge in [0.15, 0.2) is 0 Å². The van der Waals surface area contributed by atoms with Gasteiger partial charge in [-0.2, -0.15) is 11.8 Å². The molecule has 0 saturated carbocycles. The van der Waals surface area contributed by atoms with E-state index in [-0.39, 0.29) is 5.91 Å². The smallest absolute Gasteiger partial charge is 0.239 e. The van der Waals surface area contributed by atoms with Crippen molar-refractivity contribution in [1.29, 1.82) is 0 Å². The van der Waals surface area contributed by atoms with Crippen molar-refractivity contribution in [1.82, 2.24) is 5.32 Å². The molecule has 0 saturated heterocycles. The minimum absolute atomic E-state index is 0.0691. The van der Waals surface area contributed by atoms with Crippen LogP contribution in [0.2, 0.25) is 0 Å². The largest absolute Gasteiger partial charge is 0.493 e. The van der Waals surface area contributed by atoms with Gasteiger partial charge >= 0.3 is 0 Å². The predicted molar refractivity (Wildman–Crippen MR) is 97.5 cm³/mol. The maximum Gasteiger partial charge on any atom is 0.239 e. The maximum atomic E-state index is 11.9. The molecular formula is C16H25BrN2O2S.